The highest BCUT2D eigenvalue weighted by molar-refractivity contribution is 7.71. The molecule has 19 heavy (non-hydrogen) atoms. The van der Waals surface area contributed by atoms with Crippen LogP contribution in [0, 0.1) is 4.64 Å². The van der Waals surface area contributed by atoms with Gasteiger partial charge >= 0.3 is 12.1 Å². The van der Waals surface area contributed by atoms with Crippen LogP contribution in [0.25, 0.3) is 11.4 Å². The highest BCUT2D eigenvalue weighted by atomic mass is 32.1. The molecule has 100 valence electrons. The Balaban J connectivity index is 2.46. The van der Waals surface area contributed by atoms with E-state index < -0.39 is 23.8 Å². The number of halogens is 3. The number of carbonyl (C=O) groups excluding carboxylic acids is 1. The Labute approximate surface area is 107 Å². The van der Waals surface area contributed by atoms with Gasteiger partial charge in [-0.2, -0.15) is 18.2 Å². The molecule has 2 heterocycles. The first-order valence-corrected chi connectivity index (χ1v) is 5.00. The summed E-state index contributed by atoms with van der Waals surface area (Å²) in [5.74, 6) is -2.98. The van der Waals surface area contributed by atoms with E-state index in [0.717, 1.165) is 6.20 Å². The van der Waals surface area contributed by atoms with Crippen LogP contribution in [-0.4, -0.2) is 26.0 Å². The molecule has 2 rings (SSSR count). The van der Waals surface area contributed by atoms with Crippen LogP contribution in [0.1, 0.15) is 16.5 Å². The summed E-state index contributed by atoms with van der Waals surface area (Å²) in [6, 6.07) is 0. The molecule has 0 atom stereocenters. The van der Waals surface area contributed by atoms with E-state index in [-0.39, 0.29) is 16.0 Å². The number of aromatic amines is 1. The normalized spacial score (nSPS) is 11.5. The molecule has 0 aliphatic rings. The summed E-state index contributed by atoms with van der Waals surface area (Å²) in [6.45, 7) is 0. The molecule has 0 radical (unpaired) electrons. The van der Waals surface area contributed by atoms with Crippen molar-refractivity contribution in [3.63, 3.8) is 0 Å². The van der Waals surface area contributed by atoms with Crippen molar-refractivity contribution in [2.75, 3.05) is 0 Å². The van der Waals surface area contributed by atoms with Crippen molar-refractivity contribution in [1.29, 1.82) is 0 Å². The second kappa shape index (κ2) is 4.42. The third-order valence-electron chi connectivity index (χ3n) is 1.94. The van der Waals surface area contributed by atoms with Crippen molar-refractivity contribution in [2.45, 2.75) is 6.18 Å². The minimum Gasteiger partial charge on any atom is -0.363 e. The number of H-pyrrole nitrogens is 1. The van der Waals surface area contributed by atoms with Crippen molar-refractivity contribution >= 4 is 18.1 Å². The van der Waals surface area contributed by atoms with Crippen LogP contribution in [0.2, 0.25) is 0 Å². The average Bonchev–Trinajstić information content (AvgIpc) is 2.77. The zero-order chi connectivity index (χ0) is 14.2. The van der Waals surface area contributed by atoms with E-state index in [1.807, 2.05) is 0 Å². The monoisotopic (exact) mass is 291 g/mol. The van der Waals surface area contributed by atoms with Gasteiger partial charge in [0.05, 0.1) is 5.56 Å². The van der Waals surface area contributed by atoms with Gasteiger partial charge in [-0.1, -0.05) is 17.4 Å². The summed E-state index contributed by atoms with van der Waals surface area (Å²) in [6.07, 6.45) is -3.72. The number of nitrogens with two attached hydrogens (primary N) is 1. The number of nitrogens with one attached hydrogen (secondary N) is 1. The molecule has 7 nitrogen and oxygen atoms in total. The number of aromatic nitrogens is 4. The fourth-order valence-electron chi connectivity index (χ4n) is 1.13. The van der Waals surface area contributed by atoms with Crippen molar-refractivity contribution in [1.82, 2.24) is 20.1 Å². The van der Waals surface area contributed by atoms with Crippen molar-refractivity contribution < 1.29 is 22.5 Å². The molecule has 0 bridgehead atoms. The molecule has 0 unspecified atom stereocenters. The fraction of sp³-hybridized carbons (Fsp3) is 0.125. The maximum atomic E-state index is 12.3. The number of nitrogens with zero attached hydrogens (tertiary/aromatic N) is 3. The molecular formula is C8H4F3N5O2S. The molecule has 0 aliphatic carbocycles. The van der Waals surface area contributed by atoms with E-state index in [4.69, 9.17) is 18.0 Å². The van der Waals surface area contributed by atoms with E-state index in [1.165, 1.54) is 0 Å². The summed E-state index contributed by atoms with van der Waals surface area (Å²) in [7, 11) is 0. The summed E-state index contributed by atoms with van der Waals surface area (Å²) < 4.78 is 40.8. The van der Waals surface area contributed by atoms with Gasteiger partial charge in [0.2, 0.25) is 5.82 Å². The van der Waals surface area contributed by atoms with Crippen molar-refractivity contribution in [3.05, 3.63) is 22.6 Å². The molecule has 3 N–H and O–H groups in total. The van der Waals surface area contributed by atoms with Gasteiger partial charge in [-0.25, -0.2) is 4.98 Å². The number of alkyl halides is 3. The molecular weight excluding hydrogens is 287 g/mol. The van der Waals surface area contributed by atoms with Crippen LogP contribution >= 0.6 is 12.2 Å². The largest absolute Gasteiger partial charge is 0.471 e. The van der Waals surface area contributed by atoms with Crippen LogP contribution in [0.5, 0.6) is 0 Å². The zero-order valence-electron chi connectivity index (χ0n) is 8.85. The molecule has 0 saturated carbocycles. The van der Waals surface area contributed by atoms with Crippen LogP contribution in [0.3, 0.4) is 0 Å². The summed E-state index contributed by atoms with van der Waals surface area (Å²) in [5, 5.41) is 3.14. The van der Waals surface area contributed by atoms with Crippen LogP contribution in [-0.2, 0) is 6.18 Å². The lowest BCUT2D eigenvalue weighted by Gasteiger charge is -1.98. The van der Waals surface area contributed by atoms with E-state index in [1.54, 1.807) is 0 Å². The molecule has 1 amide bonds. The topological polar surface area (TPSA) is 111 Å². The van der Waals surface area contributed by atoms with Gasteiger partial charge < -0.3 is 15.2 Å². The lowest BCUT2D eigenvalue weighted by Crippen LogP contribution is -2.15. The predicted molar refractivity (Wildman–Crippen MR) is 56.2 cm³/mol. The Morgan fingerprint density at radius 3 is 2.63 bits per heavy atom. The van der Waals surface area contributed by atoms with Gasteiger partial charge in [0.15, 0.2) is 5.82 Å². The number of amides is 1. The van der Waals surface area contributed by atoms with E-state index in [2.05, 4.69) is 24.6 Å². The summed E-state index contributed by atoms with van der Waals surface area (Å²) >= 11 is 4.84. The molecule has 11 heteroatoms. The highest BCUT2D eigenvalue weighted by Gasteiger charge is 2.38. The van der Waals surface area contributed by atoms with E-state index in [0.29, 0.717) is 0 Å². The standard InChI is InChI=1S/C8H4F3N5O2S/c9-8(10,11)7-15-4(16-18-7)2-1-13-5(3(12)17)14-6(2)19/h1H,(H2,12,17)(H,13,14,19). The number of primary amides is 1. The zero-order valence-corrected chi connectivity index (χ0v) is 9.67. The molecule has 0 aliphatic heterocycles. The Hall–Kier alpha value is -2.30. The maximum absolute atomic E-state index is 12.3. The molecule has 0 spiro atoms. The Morgan fingerprint density at radius 2 is 2.16 bits per heavy atom. The van der Waals surface area contributed by atoms with Crippen molar-refractivity contribution in [2.24, 2.45) is 5.73 Å². The third kappa shape index (κ3) is 2.59. The van der Waals surface area contributed by atoms with E-state index >= 15 is 0 Å². The smallest absolute Gasteiger partial charge is 0.363 e. The number of hydrogen-bond acceptors (Lipinski definition) is 6. The second-order valence-electron chi connectivity index (χ2n) is 3.26. The maximum Gasteiger partial charge on any atom is 0.471 e. The van der Waals surface area contributed by atoms with Gasteiger partial charge in [-0.05, 0) is 0 Å². The molecule has 0 fully saturated rings. The van der Waals surface area contributed by atoms with Crippen molar-refractivity contribution in [3.8, 4) is 11.4 Å². The summed E-state index contributed by atoms with van der Waals surface area (Å²) in [5.41, 5.74) is 4.94. The Kier molecular flexibility index (Phi) is 3.06. The summed E-state index contributed by atoms with van der Waals surface area (Å²) in [4.78, 5) is 19.9. The minimum absolute atomic E-state index is 0.0146. The number of rotatable bonds is 2. The minimum atomic E-state index is -4.75. The van der Waals surface area contributed by atoms with Gasteiger partial charge in [0, 0.05) is 6.20 Å². The van der Waals surface area contributed by atoms with E-state index in [9.17, 15) is 18.0 Å². The SMILES string of the molecule is NC(=O)c1ncc(-c2noc(C(F)(F)F)n2)c(=S)[nH]1. The van der Waals surface area contributed by atoms with Gasteiger partial charge in [0.25, 0.3) is 5.91 Å². The van der Waals surface area contributed by atoms with Crippen LogP contribution in [0.4, 0.5) is 13.2 Å². The second-order valence-corrected chi connectivity index (χ2v) is 3.67. The Bertz CT molecular complexity index is 692. The molecule has 0 aromatic carbocycles. The Morgan fingerprint density at radius 1 is 1.47 bits per heavy atom. The van der Waals surface area contributed by atoms with Gasteiger partial charge in [-0.3, -0.25) is 4.79 Å². The predicted octanol–water partition coefficient (Wildman–Crippen LogP) is 1.31. The lowest BCUT2D eigenvalue weighted by molar-refractivity contribution is -0.159. The van der Waals surface area contributed by atoms with Crippen LogP contribution in [0.15, 0.2) is 10.7 Å². The first kappa shape index (κ1) is 13.1. The fourth-order valence-corrected chi connectivity index (χ4v) is 1.37. The lowest BCUT2D eigenvalue weighted by atomic mass is 10.3. The first-order chi connectivity index (χ1) is 8.79. The molecule has 0 saturated heterocycles. The molecule has 2 aromatic heterocycles. The number of carbonyl (C=O) groups is 1. The number of hydrogen-bond donors (Lipinski definition) is 2. The first-order valence-electron chi connectivity index (χ1n) is 4.59. The molecule has 2 aromatic rings. The van der Waals surface area contributed by atoms with Gasteiger partial charge in [-0.15, -0.1) is 0 Å². The average molecular weight is 291 g/mol. The quantitative estimate of drug-likeness (QED) is 0.807. The third-order valence-corrected chi connectivity index (χ3v) is 2.26. The van der Waals surface area contributed by atoms with Crippen LogP contribution < -0.4 is 5.73 Å². The van der Waals surface area contributed by atoms with Gasteiger partial charge in [0.1, 0.15) is 4.64 Å². The highest BCUT2D eigenvalue weighted by Crippen LogP contribution is 2.29.